The summed E-state index contributed by atoms with van der Waals surface area (Å²) in [4.78, 5) is 27.7. The number of hydrogen-bond acceptors (Lipinski definition) is 7. The molecule has 0 saturated heterocycles. The smallest absolute Gasteiger partial charge is 0.350 e. The summed E-state index contributed by atoms with van der Waals surface area (Å²) in [6.07, 6.45) is 1.99. The number of nitrogens with one attached hydrogen (secondary N) is 1. The second-order valence-electron chi connectivity index (χ2n) is 6.73. The molecule has 0 atom stereocenters. The zero-order valence-electron chi connectivity index (χ0n) is 17.4. The average molecular weight is 462 g/mol. The van der Waals surface area contributed by atoms with Gasteiger partial charge in [0.1, 0.15) is 15.8 Å². The van der Waals surface area contributed by atoms with Crippen LogP contribution in [0.4, 0.5) is 11.4 Å². The van der Waals surface area contributed by atoms with E-state index in [1.54, 1.807) is 47.5 Å². The Bertz CT molecular complexity index is 1400. The number of pyridine rings is 1. The number of anilines is 2. The number of hydrogen-bond donors (Lipinski definition) is 1. The van der Waals surface area contributed by atoms with Crippen molar-refractivity contribution in [2.45, 2.75) is 11.8 Å². The van der Waals surface area contributed by atoms with Gasteiger partial charge in [0, 0.05) is 16.3 Å². The number of fused-ring (bicyclic) bond motifs is 1. The van der Waals surface area contributed by atoms with E-state index in [2.05, 4.69) is 11.4 Å². The Morgan fingerprint density at radius 3 is 2.59 bits per heavy atom. The second-order valence-corrected chi connectivity index (χ2v) is 8.61. The fourth-order valence-corrected chi connectivity index (χ4v) is 4.92. The monoisotopic (exact) mass is 461 g/mol. The third kappa shape index (κ3) is 4.00. The van der Waals surface area contributed by atoms with Gasteiger partial charge in [-0.2, -0.15) is 5.26 Å². The molecule has 4 aromatic rings. The molecule has 0 spiro atoms. The number of nitrogens with zero attached hydrogens (tertiary/aromatic N) is 2. The summed E-state index contributed by atoms with van der Waals surface area (Å²) < 4.78 is 6.87. The minimum Gasteiger partial charge on any atom is -0.462 e. The van der Waals surface area contributed by atoms with Crippen LogP contribution in [0.2, 0.25) is 0 Å². The number of thioether (sulfide) groups is 1. The number of esters is 1. The second kappa shape index (κ2) is 9.30. The summed E-state index contributed by atoms with van der Waals surface area (Å²) in [6.45, 7) is 1.97. The van der Waals surface area contributed by atoms with Crippen molar-refractivity contribution in [2.24, 2.45) is 0 Å². The van der Waals surface area contributed by atoms with Crippen molar-refractivity contribution in [1.82, 2.24) is 4.57 Å². The minimum absolute atomic E-state index is 0.199. The highest BCUT2D eigenvalue weighted by molar-refractivity contribution is 7.98. The van der Waals surface area contributed by atoms with Crippen LogP contribution < -0.4 is 10.9 Å². The minimum atomic E-state index is -0.484. The number of ether oxygens (including phenoxy) is 1. The Labute approximate surface area is 193 Å². The van der Waals surface area contributed by atoms with Gasteiger partial charge in [0.15, 0.2) is 0 Å². The van der Waals surface area contributed by atoms with Crippen LogP contribution in [0.15, 0.2) is 70.4 Å². The predicted molar refractivity (Wildman–Crippen MR) is 130 cm³/mol. The molecule has 0 saturated carbocycles. The molecular weight excluding hydrogens is 442 g/mol. The zero-order chi connectivity index (χ0) is 22.7. The number of nitriles is 1. The first-order valence-electron chi connectivity index (χ1n) is 9.83. The Balaban J connectivity index is 1.96. The van der Waals surface area contributed by atoms with Crippen LogP contribution in [0, 0.1) is 11.3 Å². The third-order valence-electron chi connectivity index (χ3n) is 4.84. The lowest BCUT2D eigenvalue weighted by Crippen LogP contribution is -2.16. The molecule has 4 rings (SSSR count). The van der Waals surface area contributed by atoms with Crippen molar-refractivity contribution in [2.75, 3.05) is 18.2 Å². The first-order chi connectivity index (χ1) is 15.6. The normalized spacial score (nSPS) is 10.7. The van der Waals surface area contributed by atoms with Gasteiger partial charge in [0.25, 0.3) is 5.56 Å². The molecule has 0 bridgehead atoms. The molecule has 2 aromatic carbocycles. The van der Waals surface area contributed by atoms with Crippen molar-refractivity contribution >= 4 is 50.7 Å². The van der Waals surface area contributed by atoms with E-state index in [1.807, 2.05) is 36.6 Å². The number of aromatic nitrogens is 1. The molecule has 2 heterocycles. The molecule has 0 fully saturated rings. The fourth-order valence-electron chi connectivity index (χ4n) is 3.35. The molecule has 160 valence electrons. The molecule has 0 unspecified atom stereocenters. The predicted octanol–water partition coefficient (Wildman–Crippen LogP) is 5.57. The summed E-state index contributed by atoms with van der Waals surface area (Å²) in [5, 5.41) is 13.4. The van der Waals surface area contributed by atoms with Gasteiger partial charge >= 0.3 is 5.97 Å². The van der Waals surface area contributed by atoms with Gasteiger partial charge in [-0.3, -0.25) is 9.36 Å². The fraction of sp³-hybridized carbons (Fsp3) is 0.125. The first-order valence-corrected chi connectivity index (χ1v) is 11.9. The van der Waals surface area contributed by atoms with Crippen LogP contribution >= 0.6 is 23.1 Å². The lowest BCUT2D eigenvalue weighted by atomic mass is 10.1. The van der Waals surface area contributed by atoms with E-state index in [0.29, 0.717) is 37.7 Å². The van der Waals surface area contributed by atoms with Gasteiger partial charge in [-0.25, -0.2) is 4.79 Å². The van der Waals surface area contributed by atoms with Crippen molar-refractivity contribution in [3.63, 3.8) is 0 Å². The van der Waals surface area contributed by atoms with Crippen molar-refractivity contribution < 1.29 is 9.53 Å². The Morgan fingerprint density at radius 2 is 1.91 bits per heavy atom. The van der Waals surface area contributed by atoms with Crippen LogP contribution in [-0.4, -0.2) is 23.4 Å². The van der Waals surface area contributed by atoms with Crippen molar-refractivity contribution in [3.8, 4) is 11.8 Å². The molecule has 1 N–H and O–H groups in total. The van der Waals surface area contributed by atoms with Gasteiger partial charge in [0.05, 0.1) is 29.2 Å². The van der Waals surface area contributed by atoms with Crippen LogP contribution in [-0.2, 0) is 4.74 Å². The Hall–Kier alpha value is -3.54. The maximum absolute atomic E-state index is 12.8. The highest BCUT2D eigenvalue weighted by atomic mass is 32.2. The SMILES string of the molecule is CCOC(=O)c1sc2c(ccc(=O)n2-c2ccc(SC)cc2)c1Nc1ccccc1C#N. The van der Waals surface area contributed by atoms with E-state index in [1.165, 1.54) is 17.4 Å². The van der Waals surface area contributed by atoms with E-state index < -0.39 is 5.97 Å². The lowest BCUT2D eigenvalue weighted by molar-refractivity contribution is 0.0533. The standard InChI is InChI=1S/C24H19N3O3S2/c1-3-30-24(29)22-21(26-19-7-5-4-6-15(19)14-25)18-12-13-20(28)27(23(18)32-22)16-8-10-17(31-2)11-9-16/h4-13,26H,3H2,1-2H3. The molecule has 6 nitrogen and oxygen atoms in total. The molecule has 8 heteroatoms. The Morgan fingerprint density at radius 1 is 1.16 bits per heavy atom. The van der Waals surface area contributed by atoms with Crippen LogP contribution in [0.5, 0.6) is 0 Å². The van der Waals surface area contributed by atoms with E-state index in [9.17, 15) is 14.9 Å². The largest absolute Gasteiger partial charge is 0.462 e. The maximum Gasteiger partial charge on any atom is 0.350 e. The summed E-state index contributed by atoms with van der Waals surface area (Å²) >= 11 is 2.81. The number of thiophene rings is 1. The van der Waals surface area contributed by atoms with Gasteiger partial charge in [-0.15, -0.1) is 23.1 Å². The molecule has 0 aliphatic heterocycles. The Kier molecular flexibility index (Phi) is 6.30. The maximum atomic E-state index is 12.8. The van der Waals surface area contributed by atoms with Gasteiger partial charge in [0.2, 0.25) is 0 Å². The van der Waals surface area contributed by atoms with Gasteiger partial charge < -0.3 is 10.1 Å². The molecule has 2 aromatic heterocycles. The molecule has 32 heavy (non-hydrogen) atoms. The molecule has 0 radical (unpaired) electrons. The van der Waals surface area contributed by atoms with Gasteiger partial charge in [-0.1, -0.05) is 12.1 Å². The molecular formula is C24H19N3O3S2. The van der Waals surface area contributed by atoms with E-state index >= 15 is 0 Å². The van der Waals surface area contributed by atoms with Crippen molar-refractivity contribution in [1.29, 1.82) is 5.26 Å². The van der Waals surface area contributed by atoms with Crippen LogP contribution in [0.3, 0.4) is 0 Å². The highest BCUT2D eigenvalue weighted by Gasteiger charge is 2.23. The van der Waals surface area contributed by atoms with Crippen molar-refractivity contribution in [3.05, 3.63) is 81.5 Å². The topological polar surface area (TPSA) is 84.1 Å². The van der Waals surface area contributed by atoms with E-state index in [4.69, 9.17) is 4.74 Å². The summed E-state index contributed by atoms with van der Waals surface area (Å²) in [5.41, 5.74) is 2.04. The molecule has 0 aliphatic carbocycles. The number of carbonyl (C=O) groups excluding carboxylic acids is 1. The van der Waals surface area contributed by atoms with Gasteiger partial charge in [-0.05, 0) is 55.6 Å². The number of para-hydroxylation sites is 1. The van der Waals surface area contributed by atoms with E-state index in [-0.39, 0.29) is 12.2 Å². The zero-order valence-corrected chi connectivity index (χ0v) is 19.0. The summed E-state index contributed by atoms with van der Waals surface area (Å²) in [7, 11) is 0. The number of benzene rings is 2. The summed E-state index contributed by atoms with van der Waals surface area (Å²) in [6, 6.07) is 20.1. The number of rotatable bonds is 6. The number of carbonyl (C=O) groups is 1. The molecule has 0 aliphatic rings. The first kappa shape index (κ1) is 21.7. The third-order valence-corrected chi connectivity index (χ3v) is 6.75. The van der Waals surface area contributed by atoms with Crippen LogP contribution in [0.1, 0.15) is 22.2 Å². The lowest BCUT2D eigenvalue weighted by Gasteiger charge is -2.10. The highest BCUT2D eigenvalue weighted by Crippen LogP contribution is 2.39. The van der Waals surface area contributed by atoms with Crippen LogP contribution in [0.25, 0.3) is 15.9 Å². The molecule has 0 amide bonds. The average Bonchev–Trinajstić information content (AvgIpc) is 3.18. The quantitative estimate of drug-likeness (QED) is 0.299. The summed E-state index contributed by atoms with van der Waals surface area (Å²) in [5.74, 6) is -0.484. The van der Waals surface area contributed by atoms with E-state index in [0.717, 1.165) is 4.90 Å².